The van der Waals surface area contributed by atoms with Crippen LogP contribution in [-0.4, -0.2) is 42.8 Å². The predicted octanol–water partition coefficient (Wildman–Crippen LogP) is 3.39. The van der Waals surface area contributed by atoms with Gasteiger partial charge in [-0.1, -0.05) is 62.4 Å². The highest BCUT2D eigenvalue weighted by atomic mass is 16.5. The van der Waals surface area contributed by atoms with E-state index in [1.165, 1.54) is 0 Å². The zero-order chi connectivity index (χ0) is 22.4. The molecule has 0 aliphatic heterocycles. The SMILES string of the molecule is CC(C)CC(CNC(=O)CNC(=O)OCC1c2ccccc2-c2ccccc21)C(=O)O. The molecule has 7 heteroatoms. The second kappa shape index (κ2) is 10.1. The van der Waals surface area contributed by atoms with Gasteiger partial charge < -0.3 is 20.5 Å². The number of rotatable bonds is 9. The fourth-order valence-electron chi connectivity index (χ4n) is 3.94. The highest BCUT2D eigenvalue weighted by molar-refractivity contribution is 5.83. The van der Waals surface area contributed by atoms with E-state index in [0.717, 1.165) is 22.3 Å². The number of carbonyl (C=O) groups excluding carboxylic acids is 2. The Morgan fingerprint density at radius 2 is 1.55 bits per heavy atom. The molecule has 3 rings (SSSR count). The average Bonchev–Trinajstić information content (AvgIpc) is 3.07. The number of carboxylic acids is 1. The van der Waals surface area contributed by atoms with Gasteiger partial charge >= 0.3 is 12.1 Å². The van der Waals surface area contributed by atoms with E-state index in [-0.39, 0.29) is 31.5 Å². The summed E-state index contributed by atoms with van der Waals surface area (Å²) in [6, 6.07) is 16.1. The Kier molecular flexibility index (Phi) is 7.28. The number of carboxylic acid groups (broad SMARTS) is 1. The van der Waals surface area contributed by atoms with Crippen LogP contribution in [0.1, 0.15) is 37.3 Å². The number of benzene rings is 2. The quantitative estimate of drug-likeness (QED) is 0.572. The van der Waals surface area contributed by atoms with Crippen LogP contribution in [0, 0.1) is 11.8 Å². The number of nitrogens with one attached hydrogen (secondary N) is 2. The first-order chi connectivity index (χ1) is 14.9. The summed E-state index contributed by atoms with van der Waals surface area (Å²) in [5, 5.41) is 14.2. The van der Waals surface area contributed by atoms with Gasteiger partial charge in [0.05, 0.1) is 12.5 Å². The van der Waals surface area contributed by atoms with E-state index in [1.54, 1.807) is 0 Å². The first kappa shape index (κ1) is 22.3. The van der Waals surface area contributed by atoms with Gasteiger partial charge in [-0.25, -0.2) is 4.79 Å². The molecule has 0 aromatic heterocycles. The lowest BCUT2D eigenvalue weighted by Gasteiger charge is -2.16. The summed E-state index contributed by atoms with van der Waals surface area (Å²) < 4.78 is 5.38. The molecule has 3 N–H and O–H groups in total. The lowest BCUT2D eigenvalue weighted by Crippen LogP contribution is -2.40. The Bertz CT molecular complexity index is 911. The Labute approximate surface area is 181 Å². The van der Waals surface area contributed by atoms with Gasteiger partial charge in [0.2, 0.25) is 5.91 Å². The fourth-order valence-corrected chi connectivity index (χ4v) is 3.94. The molecule has 0 spiro atoms. The van der Waals surface area contributed by atoms with E-state index in [4.69, 9.17) is 4.74 Å². The monoisotopic (exact) mass is 424 g/mol. The minimum Gasteiger partial charge on any atom is -0.481 e. The molecular weight excluding hydrogens is 396 g/mol. The van der Waals surface area contributed by atoms with E-state index in [0.29, 0.717) is 6.42 Å². The number of carbonyl (C=O) groups is 3. The van der Waals surface area contributed by atoms with Crippen LogP contribution in [0.25, 0.3) is 11.1 Å². The lowest BCUT2D eigenvalue weighted by atomic mass is 9.97. The number of ether oxygens (including phenoxy) is 1. The van der Waals surface area contributed by atoms with Crippen molar-refractivity contribution < 1.29 is 24.2 Å². The molecule has 164 valence electrons. The van der Waals surface area contributed by atoms with Crippen LogP contribution < -0.4 is 10.6 Å². The molecule has 0 heterocycles. The number of amides is 2. The van der Waals surface area contributed by atoms with Crippen molar-refractivity contribution in [3.05, 3.63) is 59.7 Å². The third kappa shape index (κ3) is 5.63. The van der Waals surface area contributed by atoms with Gasteiger partial charge in [0.1, 0.15) is 6.61 Å². The van der Waals surface area contributed by atoms with Crippen molar-refractivity contribution in [3.8, 4) is 11.1 Å². The van der Waals surface area contributed by atoms with Crippen LogP contribution in [0.5, 0.6) is 0 Å². The van der Waals surface area contributed by atoms with E-state index in [2.05, 4.69) is 22.8 Å². The van der Waals surface area contributed by atoms with Crippen LogP contribution in [0.2, 0.25) is 0 Å². The van der Waals surface area contributed by atoms with Crippen LogP contribution in [0.3, 0.4) is 0 Å². The topological polar surface area (TPSA) is 105 Å². The molecule has 2 aromatic carbocycles. The summed E-state index contributed by atoms with van der Waals surface area (Å²) in [6.07, 6.45) is -0.218. The third-order valence-corrected chi connectivity index (χ3v) is 5.39. The maximum atomic E-state index is 12.1. The number of fused-ring (bicyclic) bond motifs is 3. The molecule has 1 aliphatic carbocycles. The normalized spacial score (nSPS) is 13.3. The van der Waals surface area contributed by atoms with Gasteiger partial charge in [-0.15, -0.1) is 0 Å². The molecule has 0 saturated carbocycles. The lowest BCUT2D eigenvalue weighted by molar-refractivity contribution is -0.142. The summed E-state index contributed by atoms with van der Waals surface area (Å²) >= 11 is 0. The zero-order valence-electron chi connectivity index (χ0n) is 17.8. The van der Waals surface area contributed by atoms with E-state index >= 15 is 0 Å². The van der Waals surface area contributed by atoms with Gasteiger partial charge in [-0.05, 0) is 34.6 Å². The van der Waals surface area contributed by atoms with Crippen molar-refractivity contribution in [1.82, 2.24) is 10.6 Å². The minimum atomic E-state index is -0.946. The molecular formula is C24H28N2O5. The van der Waals surface area contributed by atoms with Crippen molar-refractivity contribution in [3.63, 3.8) is 0 Å². The Morgan fingerprint density at radius 1 is 0.968 bits per heavy atom. The molecule has 1 unspecified atom stereocenters. The van der Waals surface area contributed by atoms with Crippen molar-refractivity contribution in [1.29, 1.82) is 0 Å². The maximum absolute atomic E-state index is 12.1. The van der Waals surface area contributed by atoms with Gasteiger partial charge in [0, 0.05) is 12.5 Å². The van der Waals surface area contributed by atoms with Crippen LogP contribution in [0.15, 0.2) is 48.5 Å². The maximum Gasteiger partial charge on any atom is 0.407 e. The Balaban J connectivity index is 1.48. The van der Waals surface area contributed by atoms with Gasteiger partial charge in [-0.3, -0.25) is 9.59 Å². The molecule has 7 nitrogen and oxygen atoms in total. The first-order valence-corrected chi connectivity index (χ1v) is 10.4. The number of hydrogen-bond donors (Lipinski definition) is 3. The Hall–Kier alpha value is -3.35. The Morgan fingerprint density at radius 3 is 2.10 bits per heavy atom. The van der Waals surface area contributed by atoms with E-state index < -0.39 is 23.9 Å². The van der Waals surface area contributed by atoms with Crippen LogP contribution in [-0.2, 0) is 14.3 Å². The molecule has 0 bridgehead atoms. The van der Waals surface area contributed by atoms with Crippen LogP contribution >= 0.6 is 0 Å². The second-order valence-corrected chi connectivity index (χ2v) is 8.15. The largest absolute Gasteiger partial charge is 0.481 e. The minimum absolute atomic E-state index is 0.0265. The van der Waals surface area contributed by atoms with Crippen molar-refractivity contribution in [2.75, 3.05) is 19.7 Å². The third-order valence-electron chi connectivity index (χ3n) is 5.39. The van der Waals surface area contributed by atoms with Gasteiger partial charge in [-0.2, -0.15) is 0 Å². The highest BCUT2D eigenvalue weighted by Gasteiger charge is 2.29. The van der Waals surface area contributed by atoms with Crippen molar-refractivity contribution in [2.45, 2.75) is 26.2 Å². The second-order valence-electron chi connectivity index (χ2n) is 8.15. The molecule has 0 fully saturated rings. The summed E-state index contributed by atoms with van der Waals surface area (Å²) in [7, 11) is 0. The molecule has 1 atom stereocenters. The van der Waals surface area contributed by atoms with E-state index in [9.17, 15) is 19.5 Å². The number of alkyl carbamates (subject to hydrolysis) is 1. The summed E-state index contributed by atoms with van der Waals surface area (Å²) in [6.45, 7) is 3.77. The molecule has 2 amide bonds. The average molecular weight is 424 g/mol. The smallest absolute Gasteiger partial charge is 0.407 e. The number of hydrogen-bond acceptors (Lipinski definition) is 4. The van der Waals surface area contributed by atoms with Crippen molar-refractivity contribution >= 4 is 18.0 Å². The summed E-state index contributed by atoms with van der Waals surface area (Å²) in [5.74, 6) is -1.91. The zero-order valence-corrected chi connectivity index (χ0v) is 17.8. The summed E-state index contributed by atoms with van der Waals surface area (Å²) in [5.41, 5.74) is 4.50. The molecule has 31 heavy (non-hydrogen) atoms. The standard InChI is InChI=1S/C24H28N2O5/c1-15(2)11-16(23(28)29)12-25-22(27)13-26-24(30)31-14-21-19-9-5-3-7-17(19)18-8-4-6-10-20(18)21/h3-10,15-16,21H,11-14H2,1-2H3,(H,25,27)(H,26,30)(H,28,29). The highest BCUT2D eigenvalue weighted by Crippen LogP contribution is 2.44. The van der Waals surface area contributed by atoms with Crippen molar-refractivity contribution in [2.24, 2.45) is 11.8 Å². The first-order valence-electron chi connectivity index (χ1n) is 10.4. The fraction of sp³-hybridized carbons (Fsp3) is 0.375. The predicted molar refractivity (Wildman–Crippen MR) is 117 cm³/mol. The molecule has 0 radical (unpaired) electrons. The van der Waals surface area contributed by atoms with Gasteiger partial charge in [0.25, 0.3) is 0 Å². The molecule has 0 saturated heterocycles. The van der Waals surface area contributed by atoms with E-state index in [1.807, 2.05) is 50.2 Å². The van der Waals surface area contributed by atoms with Crippen LogP contribution in [0.4, 0.5) is 4.79 Å². The molecule has 2 aromatic rings. The van der Waals surface area contributed by atoms with Gasteiger partial charge in [0.15, 0.2) is 0 Å². The summed E-state index contributed by atoms with van der Waals surface area (Å²) in [4.78, 5) is 35.3. The number of aliphatic carboxylic acids is 1. The molecule has 1 aliphatic rings.